The van der Waals surface area contributed by atoms with E-state index in [-0.39, 0.29) is 0 Å². The molecule has 2 nitrogen and oxygen atoms in total. The van der Waals surface area contributed by atoms with E-state index in [1.807, 2.05) is 38.1 Å². The van der Waals surface area contributed by atoms with Crippen molar-refractivity contribution >= 4 is 5.69 Å². The van der Waals surface area contributed by atoms with Crippen molar-refractivity contribution in [2.24, 2.45) is 0 Å². The first-order valence-corrected chi connectivity index (χ1v) is 6.17. The maximum absolute atomic E-state index is 9.90. The van der Waals surface area contributed by atoms with Crippen LogP contribution in [0.15, 0.2) is 36.4 Å². The molecule has 0 heterocycles. The van der Waals surface area contributed by atoms with Crippen LogP contribution in [0.1, 0.15) is 22.3 Å². The van der Waals surface area contributed by atoms with E-state index in [0.717, 1.165) is 23.4 Å². The van der Waals surface area contributed by atoms with Crippen LogP contribution in [0.5, 0.6) is 5.75 Å². The summed E-state index contributed by atoms with van der Waals surface area (Å²) in [6, 6.07) is 12.3. The fourth-order valence-corrected chi connectivity index (χ4v) is 2.03. The van der Waals surface area contributed by atoms with Crippen LogP contribution in [0.3, 0.4) is 0 Å². The molecule has 18 heavy (non-hydrogen) atoms. The van der Waals surface area contributed by atoms with E-state index in [9.17, 15) is 5.11 Å². The Labute approximate surface area is 108 Å². The van der Waals surface area contributed by atoms with E-state index in [1.54, 1.807) is 0 Å². The number of rotatable bonds is 3. The Balaban J connectivity index is 2.17. The smallest absolute Gasteiger partial charge is 0.123 e. The molecule has 0 saturated heterocycles. The zero-order valence-corrected chi connectivity index (χ0v) is 11.1. The van der Waals surface area contributed by atoms with Gasteiger partial charge in [-0.15, -0.1) is 0 Å². The van der Waals surface area contributed by atoms with Crippen molar-refractivity contribution in [3.8, 4) is 5.75 Å². The lowest BCUT2D eigenvalue weighted by Gasteiger charge is -2.13. The Morgan fingerprint density at radius 3 is 2.39 bits per heavy atom. The Bertz CT molecular complexity index is 561. The van der Waals surface area contributed by atoms with Crippen LogP contribution in [-0.2, 0) is 6.54 Å². The number of hydrogen-bond acceptors (Lipinski definition) is 2. The molecule has 0 spiro atoms. The molecule has 0 aliphatic carbocycles. The number of nitrogens with one attached hydrogen (secondary N) is 1. The minimum atomic E-state index is 0.379. The molecular weight excluding hydrogens is 222 g/mol. The molecule has 2 aromatic rings. The SMILES string of the molecule is Cc1ccccc1CNc1ccc(C)c(O)c1C. The van der Waals surface area contributed by atoms with Gasteiger partial charge in [0.15, 0.2) is 0 Å². The fourth-order valence-electron chi connectivity index (χ4n) is 2.03. The standard InChI is InChI=1S/C16H19NO/c1-11-6-4-5-7-14(11)10-17-15-9-8-12(2)16(18)13(15)3/h4-9,17-18H,10H2,1-3H3. The maximum Gasteiger partial charge on any atom is 0.123 e. The van der Waals surface area contributed by atoms with E-state index in [0.29, 0.717) is 5.75 Å². The van der Waals surface area contributed by atoms with Gasteiger partial charge in [0.25, 0.3) is 0 Å². The molecule has 2 rings (SSSR count). The summed E-state index contributed by atoms with van der Waals surface area (Å²) in [6.45, 7) is 6.72. The molecule has 0 atom stereocenters. The van der Waals surface area contributed by atoms with Gasteiger partial charge in [0.1, 0.15) is 5.75 Å². The van der Waals surface area contributed by atoms with Crippen molar-refractivity contribution in [2.45, 2.75) is 27.3 Å². The van der Waals surface area contributed by atoms with E-state index in [4.69, 9.17) is 0 Å². The summed E-state index contributed by atoms with van der Waals surface area (Å²) in [6.07, 6.45) is 0. The van der Waals surface area contributed by atoms with Crippen LogP contribution in [-0.4, -0.2) is 5.11 Å². The van der Waals surface area contributed by atoms with Gasteiger partial charge < -0.3 is 10.4 Å². The molecule has 0 aromatic heterocycles. The van der Waals surface area contributed by atoms with Gasteiger partial charge in [-0.1, -0.05) is 30.3 Å². The second-order valence-electron chi connectivity index (χ2n) is 4.68. The van der Waals surface area contributed by atoms with Crippen LogP contribution >= 0.6 is 0 Å². The van der Waals surface area contributed by atoms with Gasteiger partial charge >= 0.3 is 0 Å². The largest absolute Gasteiger partial charge is 0.507 e. The lowest BCUT2D eigenvalue weighted by Crippen LogP contribution is -2.02. The summed E-state index contributed by atoms with van der Waals surface area (Å²) in [4.78, 5) is 0. The van der Waals surface area contributed by atoms with Crippen molar-refractivity contribution < 1.29 is 5.11 Å². The molecule has 0 aliphatic rings. The molecule has 0 fully saturated rings. The molecule has 0 radical (unpaired) electrons. The third-order valence-electron chi connectivity index (χ3n) is 3.36. The molecule has 0 amide bonds. The van der Waals surface area contributed by atoms with Gasteiger partial charge in [0.2, 0.25) is 0 Å². The first-order chi connectivity index (χ1) is 8.59. The quantitative estimate of drug-likeness (QED) is 0.853. The number of hydrogen-bond donors (Lipinski definition) is 2. The van der Waals surface area contributed by atoms with Crippen LogP contribution in [0.25, 0.3) is 0 Å². The molecule has 0 aliphatic heterocycles. The van der Waals surface area contributed by atoms with Crippen molar-refractivity contribution in [3.63, 3.8) is 0 Å². The first-order valence-electron chi connectivity index (χ1n) is 6.17. The summed E-state index contributed by atoms with van der Waals surface area (Å²) in [5, 5.41) is 13.3. The maximum atomic E-state index is 9.90. The van der Waals surface area contributed by atoms with Gasteiger partial charge in [-0.2, -0.15) is 0 Å². The topological polar surface area (TPSA) is 32.3 Å². The van der Waals surface area contributed by atoms with Crippen molar-refractivity contribution in [2.75, 3.05) is 5.32 Å². The van der Waals surface area contributed by atoms with Crippen LogP contribution in [0.4, 0.5) is 5.69 Å². The minimum Gasteiger partial charge on any atom is -0.507 e. The average Bonchev–Trinajstić information content (AvgIpc) is 2.37. The third kappa shape index (κ3) is 2.48. The lowest BCUT2D eigenvalue weighted by molar-refractivity contribution is 0.467. The van der Waals surface area contributed by atoms with Crippen LogP contribution < -0.4 is 5.32 Å². The number of anilines is 1. The summed E-state index contributed by atoms with van der Waals surface area (Å²) in [5.41, 5.74) is 5.36. The zero-order valence-electron chi connectivity index (χ0n) is 11.1. The predicted octanol–water partition coefficient (Wildman–Crippen LogP) is 3.93. The first kappa shape index (κ1) is 12.5. The van der Waals surface area contributed by atoms with Crippen LogP contribution in [0.2, 0.25) is 0 Å². The summed E-state index contributed by atoms with van der Waals surface area (Å²) < 4.78 is 0. The number of aryl methyl sites for hydroxylation is 2. The molecular formula is C16H19NO. The normalized spacial score (nSPS) is 10.4. The lowest BCUT2D eigenvalue weighted by atomic mass is 10.1. The highest BCUT2D eigenvalue weighted by atomic mass is 16.3. The van der Waals surface area contributed by atoms with E-state index in [1.165, 1.54) is 11.1 Å². The Kier molecular flexibility index (Phi) is 3.56. The highest BCUT2D eigenvalue weighted by molar-refractivity contribution is 5.59. The number of benzene rings is 2. The van der Waals surface area contributed by atoms with Gasteiger partial charge in [-0.25, -0.2) is 0 Å². The summed E-state index contributed by atoms with van der Waals surface area (Å²) in [7, 11) is 0. The van der Waals surface area contributed by atoms with Crippen molar-refractivity contribution in [1.29, 1.82) is 0 Å². The van der Waals surface area contributed by atoms with Crippen LogP contribution in [0, 0.1) is 20.8 Å². The molecule has 2 heteroatoms. The second kappa shape index (κ2) is 5.13. The molecule has 2 aromatic carbocycles. The molecule has 0 bridgehead atoms. The number of phenols is 1. The Hall–Kier alpha value is -1.96. The fraction of sp³-hybridized carbons (Fsp3) is 0.250. The van der Waals surface area contributed by atoms with Gasteiger partial charge in [0, 0.05) is 17.8 Å². The molecule has 0 unspecified atom stereocenters. The highest BCUT2D eigenvalue weighted by Gasteiger charge is 2.06. The summed E-state index contributed by atoms with van der Waals surface area (Å²) >= 11 is 0. The average molecular weight is 241 g/mol. The Morgan fingerprint density at radius 1 is 0.944 bits per heavy atom. The number of aromatic hydroxyl groups is 1. The van der Waals surface area contributed by atoms with E-state index >= 15 is 0 Å². The summed E-state index contributed by atoms with van der Waals surface area (Å²) in [5.74, 6) is 0.379. The number of phenolic OH excluding ortho intramolecular Hbond substituents is 1. The molecule has 0 saturated carbocycles. The Morgan fingerprint density at radius 2 is 1.67 bits per heavy atom. The van der Waals surface area contributed by atoms with Crippen molar-refractivity contribution in [3.05, 3.63) is 58.7 Å². The molecule has 94 valence electrons. The van der Waals surface area contributed by atoms with Gasteiger partial charge in [-0.05, 0) is 43.5 Å². The zero-order chi connectivity index (χ0) is 13.1. The third-order valence-corrected chi connectivity index (χ3v) is 3.36. The van der Waals surface area contributed by atoms with E-state index in [2.05, 4.69) is 24.4 Å². The van der Waals surface area contributed by atoms with Gasteiger partial charge in [0.05, 0.1) is 0 Å². The molecule has 2 N–H and O–H groups in total. The minimum absolute atomic E-state index is 0.379. The van der Waals surface area contributed by atoms with Crippen molar-refractivity contribution in [1.82, 2.24) is 0 Å². The van der Waals surface area contributed by atoms with E-state index < -0.39 is 0 Å². The predicted molar refractivity (Wildman–Crippen MR) is 76.1 cm³/mol. The van der Waals surface area contributed by atoms with Gasteiger partial charge in [-0.3, -0.25) is 0 Å². The highest BCUT2D eigenvalue weighted by Crippen LogP contribution is 2.28. The second-order valence-corrected chi connectivity index (χ2v) is 4.68. The monoisotopic (exact) mass is 241 g/mol.